The van der Waals surface area contributed by atoms with E-state index in [2.05, 4.69) is 16.9 Å². The Labute approximate surface area is 151 Å². The molecule has 7 heteroatoms. The van der Waals surface area contributed by atoms with Crippen LogP contribution in [-0.4, -0.2) is 60.7 Å². The van der Waals surface area contributed by atoms with Crippen LogP contribution in [0.15, 0.2) is 6.33 Å². The van der Waals surface area contributed by atoms with Gasteiger partial charge in [0.15, 0.2) is 0 Å². The Bertz CT molecular complexity index is 785. The molecule has 25 heavy (non-hydrogen) atoms. The van der Waals surface area contributed by atoms with Gasteiger partial charge in [-0.25, -0.2) is 9.97 Å². The number of hydrogen-bond donors (Lipinski definition) is 0. The fraction of sp³-hybridized carbons (Fsp3) is 0.611. The first kappa shape index (κ1) is 16.7. The number of rotatable bonds is 3. The highest BCUT2D eigenvalue weighted by Gasteiger charge is 2.25. The van der Waals surface area contributed by atoms with Crippen LogP contribution < -0.4 is 4.90 Å². The molecule has 1 aliphatic heterocycles. The first-order valence-electron chi connectivity index (χ1n) is 8.95. The second-order valence-corrected chi connectivity index (χ2v) is 8.16. The fourth-order valence-corrected chi connectivity index (χ4v) is 5.08. The molecule has 0 radical (unpaired) electrons. The van der Waals surface area contributed by atoms with E-state index in [0.29, 0.717) is 32.8 Å². The lowest BCUT2D eigenvalue weighted by molar-refractivity contribution is -0.133. The molecular formula is C18H24N4O2S. The molecule has 0 spiro atoms. The SMILES string of the molecule is C[C@H]1CCc2c(sc3ncnc(N(C)CC(=O)N4CCOCC4)c23)C1. The molecule has 2 aromatic heterocycles. The lowest BCUT2D eigenvalue weighted by atomic mass is 9.89. The Kier molecular flexibility index (Phi) is 4.60. The molecule has 4 rings (SSSR count). The van der Waals surface area contributed by atoms with Gasteiger partial charge < -0.3 is 14.5 Å². The molecule has 0 unspecified atom stereocenters. The molecule has 3 heterocycles. The van der Waals surface area contributed by atoms with Crippen molar-refractivity contribution in [2.24, 2.45) is 5.92 Å². The highest BCUT2D eigenvalue weighted by atomic mass is 32.1. The van der Waals surface area contributed by atoms with E-state index in [1.165, 1.54) is 16.9 Å². The van der Waals surface area contributed by atoms with E-state index in [4.69, 9.17) is 4.74 Å². The number of fused-ring (bicyclic) bond motifs is 3. The van der Waals surface area contributed by atoms with E-state index >= 15 is 0 Å². The Morgan fingerprint density at radius 3 is 3.00 bits per heavy atom. The highest BCUT2D eigenvalue weighted by Crippen LogP contribution is 2.40. The lowest BCUT2D eigenvalue weighted by Crippen LogP contribution is -2.45. The maximum atomic E-state index is 12.6. The first-order chi connectivity index (χ1) is 12.1. The summed E-state index contributed by atoms with van der Waals surface area (Å²) in [7, 11) is 1.95. The van der Waals surface area contributed by atoms with Crippen molar-refractivity contribution in [1.82, 2.24) is 14.9 Å². The number of aryl methyl sites for hydroxylation is 1. The number of carbonyl (C=O) groups excluding carboxylic acids is 1. The fourth-order valence-electron chi connectivity index (χ4n) is 3.74. The highest BCUT2D eigenvalue weighted by molar-refractivity contribution is 7.19. The molecule has 0 N–H and O–H groups in total. The van der Waals surface area contributed by atoms with Crippen molar-refractivity contribution in [2.75, 3.05) is 44.8 Å². The van der Waals surface area contributed by atoms with Crippen molar-refractivity contribution in [3.05, 3.63) is 16.8 Å². The largest absolute Gasteiger partial charge is 0.378 e. The van der Waals surface area contributed by atoms with Gasteiger partial charge >= 0.3 is 0 Å². The van der Waals surface area contributed by atoms with Crippen molar-refractivity contribution in [3.63, 3.8) is 0 Å². The number of morpholine rings is 1. The quantitative estimate of drug-likeness (QED) is 0.839. The minimum absolute atomic E-state index is 0.135. The van der Waals surface area contributed by atoms with E-state index in [9.17, 15) is 4.79 Å². The summed E-state index contributed by atoms with van der Waals surface area (Å²) in [5, 5.41) is 1.16. The number of anilines is 1. The Hall–Kier alpha value is -1.73. The number of carbonyl (C=O) groups is 1. The number of amides is 1. The minimum atomic E-state index is 0.135. The Morgan fingerprint density at radius 1 is 1.40 bits per heavy atom. The molecule has 1 amide bonds. The Balaban J connectivity index is 1.61. The van der Waals surface area contributed by atoms with Crippen LogP contribution in [0.2, 0.25) is 0 Å². The number of thiophene rings is 1. The van der Waals surface area contributed by atoms with Crippen molar-refractivity contribution < 1.29 is 9.53 Å². The number of likely N-dealkylation sites (N-methyl/N-ethyl adjacent to an activating group) is 1. The summed E-state index contributed by atoms with van der Waals surface area (Å²) in [6.07, 6.45) is 5.05. The van der Waals surface area contributed by atoms with Crippen LogP contribution in [0.1, 0.15) is 23.8 Å². The van der Waals surface area contributed by atoms with Crippen LogP contribution in [-0.2, 0) is 22.4 Å². The molecule has 1 aliphatic carbocycles. The van der Waals surface area contributed by atoms with Gasteiger partial charge in [-0.1, -0.05) is 6.92 Å². The van der Waals surface area contributed by atoms with Gasteiger partial charge in [0.05, 0.1) is 25.1 Å². The minimum Gasteiger partial charge on any atom is -0.378 e. The average Bonchev–Trinajstić information content (AvgIpc) is 2.99. The van der Waals surface area contributed by atoms with Crippen LogP contribution in [0.25, 0.3) is 10.2 Å². The zero-order chi connectivity index (χ0) is 17.4. The molecule has 0 bridgehead atoms. The summed E-state index contributed by atoms with van der Waals surface area (Å²) in [6, 6.07) is 0. The van der Waals surface area contributed by atoms with Gasteiger partial charge in [-0.15, -0.1) is 11.3 Å². The van der Waals surface area contributed by atoms with Crippen LogP contribution >= 0.6 is 11.3 Å². The van der Waals surface area contributed by atoms with E-state index in [1.54, 1.807) is 17.7 Å². The summed E-state index contributed by atoms with van der Waals surface area (Å²) in [5.41, 5.74) is 1.40. The van der Waals surface area contributed by atoms with Gasteiger partial charge in [-0.05, 0) is 30.7 Å². The van der Waals surface area contributed by atoms with Gasteiger partial charge in [-0.2, -0.15) is 0 Å². The molecule has 1 fully saturated rings. The zero-order valence-corrected chi connectivity index (χ0v) is 15.6. The standard InChI is InChI=1S/C18H24N4O2S/c1-12-3-4-13-14(9-12)25-18-16(13)17(19-11-20-18)21(2)10-15(23)22-5-7-24-8-6-22/h11-12H,3-10H2,1-2H3/t12-/m0/s1. The normalized spacial score (nSPS) is 20.6. The van der Waals surface area contributed by atoms with Crippen molar-refractivity contribution >= 4 is 33.3 Å². The van der Waals surface area contributed by atoms with Gasteiger partial charge in [0.2, 0.25) is 5.91 Å². The third-order valence-electron chi connectivity index (χ3n) is 5.17. The molecule has 1 saturated heterocycles. The molecule has 0 saturated carbocycles. The third kappa shape index (κ3) is 3.22. The predicted octanol–water partition coefficient (Wildman–Crippen LogP) is 2.11. The number of aromatic nitrogens is 2. The smallest absolute Gasteiger partial charge is 0.242 e. The summed E-state index contributed by atoms with van der Waals surface area (Å²) < 4.78 is 5.33. The molecule has 0 aromatic carbocycles. The molecule has 6 nitrogen and oxygen atoms in total. The maximum Gasteiger partial charge on any atom is 0.242 e. The van der Waals surface area contributed by atoms with Crippen molar-refractivity contribution in [1.29, 1.82) is 0 Å². The molecule has 2 aromatic rings. The zero-order valence-electron chi connectivity index (χ0n) is 14.8. The third-order valence-corrected chi connectivity index (χ3v) is 6.33. The van der Waals surface area contributed by atoms with Gasteiger partial charge in [-0.3, -0.25) is 4.79 Å². The van der Waals surface area contributed by atoms with Crippen molar-refractivity contribution in [2.45, 2.75) is 26.2 Å². The second-order valence-electron chi connectivity index (χ2n) is 7.08. The molecule has 1 atom stereocenters. The van der Waals surface area contributed by atoms with Gasteiger partial charge in [0, 0.05) is 25.0 Å². The van der Waals surface area contributed by atoms with Gasteiger partial charge in [0.1, 0.15) is 17.0 Å². The maximum absolute atomic E-state index is 12.6. The number of nitrogens with zero attached hydrogens (tertiary/aromatic N) is 4. The van der Waals surface area contributed by atoms with E-state index in [1.807, 2.05) is 16.8 Å². The lowest BCUT2D eigenvalue weighted by Gasteiger charge is -2.29. The summed E-state index contributed by atoms with van der Waals surface area (Å²) in [4.78, 5) is 28.0. The van der Waals surface area contributed by atoms with Crippen LogP contribution in [0.3, 0.4) is 0 Å². The monoisotopic (exact) mass is 360 g/mol. The number of hydrogen-bond acceptors (Lipinski definition) is 6. The second kappa shape index (κ2) is 6.88. The Morgan fingerprint density at radius 2 is 2.20 bits per heavy atom. The average molecular weight is 360 g/mol. The summed E-state index contributed by atoms with van der Waals surface area (Å²) >= 11 is 1.79. The first-order valence-corrected chi connectivity index (χ1v) is 9.77. The predicted molar refractivity (Wildman–Crippen MR) is 99.3 cm³/mol. The van der Waals surface area contributed by atoms with E-state index in [-0.39, 0.29) is 5.91 Å². The molecule has 134 valence electrons. The van der Waals surface area contributed by atoms with Crippen LogP contribution in [0.5, 0.6) is 0 Å². The molecule has 2 aliphatic rings. The number of ether oxygens (including phenoxy) is 1. The van der Waals surface area contributed by atoms with Crippen LogP contribution in [0, 0.1) is 5.92 Å². The van der Waals surface area contributed by atoms with Gasteiger partial charge in [0.25, 0.3) is 0 Å². The topological polar surface area (TPSA) is 58.6 Å². The molecular weight excluding hydrogens is 336 g/mol. The summed E-state index contributed by atoms with van der Waals surface area (Å²) in [5.74, 6) is 1.76. The van der Waals surface area contributed by atoms with E-state index < -0.39 is 0 Å². The van der Waals surface area contributed by atoms with Crippen molar-refractivity contribution in [3.8, 4) is 0 Å². The summed E-state index contributed by atoms with van der Waals surface area (Å²) in [6.45, 7) is 5.27. The van der Waals surface area contributed by atoms with Crippen LogP contribution in [0.4, 0.5) is 5.82 Å². The van der Waals surface area contributed by atoms with E-state index in [0.717, 1.165) is 34.8 Å².